The first kappa shape index (κ1) is 13.1. The summed E-state index contributed by atoms with van der Waals surface area (Å²) in [7, 11) is 1.95. The summed E-state index contributed by atoms with van der Waals surface area (Å²) in [5, 5.41) is 2.82. The molecule has 1 aromatic rings. The van der Waals surface area contributed by atoms with E-state index in [4.69, 9.17) is 0 Å². The second-order valence-corrected chi connectivity index (χ2v) is 5.83. The minimum Gasteiger partial charge on any atom is -0.337 e. The normalized spacial score (nSPS) is 12.2. The quantitative estimate of drug-likeness (QED) is 0.728. The van der Waals surface area contributed by atoms with Gasteiger partial charge in [0.05, 0.1) is 12.3 Å². The maximum absolute atomic E-state index is 11.8. The highest BCUT2D eigenvalue weighted by Gasteiger charge is 2.18. The Balaban J connectivity index is 2.65. The minimum absolute atomic E-state index is 0.102. The minimum atomic E-state index is -3.20. The van der Waals surface area contributed by atoms with Crippen molar-refractivity contribution in [3.05, 3.63) is 18.2 Å². The maximum atomic E-state index is 11.8. The smallest absolute Gasteiger partial charge is 0.215 e. The lowest BCUT2D eigenvalue weighted by Gasteiger charge is -2.16. The van der Waals surface area contributed by atoms with Gasteiger partial charge in [-0.2, -0.15) is 4.31 Å². The summed E-state index contributed by atoms with van der Waals surface area (Å²) >= 11 is 0. The van der Waals surface area contributed by atoms with Gasteiger partial charge >= 0.3 is 0 Å². The van der Waals surface area contributed by atoms with Crippen LogP contribution in [0, 0.1) is 0 Å². The Hall–Kier alpha value is -0.920. The van der Waals surface area contributed by atoms with Gasteiger partial charge in [-0.3, -0.25) is 0 Å². The molecule has 0 fully saturated rings. The molecule has 7 heteroatoms. The lowest BCUT2D eigenvalue weighted by Crippen LogP contribution is -2.33. The summed E-state index contributed by atoms with van der Waals surface area (Å²) in [6.45, 7) is 0.753. The molecule has 0 amide bonds. The molecular formula is C9H18N4O2S. The van der Waals surface area contributed by atoms with Gasteiger partial charge in [-0.1, -0.05) is 0 Å². The fraction of sp³-hybridized carbons (Fsp3) is 0.667. The molecular weight excluding hydrogens is 228 g/mol. The monoisotopic (exact) mass is 246 g/mol. The van der Waals surface area contributed by atoms with E-state index in [1.807, 2.05) is 11.6 Å². The third-order valence-corrected chi connectivity index (χ3v) is 4.17. The molecule has 0 radical (unpaired) electrons. The van der Waals surface area contributed by atoms with Crippen molar-refractivity contribution in [1.29, 1.82) is 0 Å². The Morgan fingerprint density at radius 2 is 2.25 bits per heavy atom. The highest BCUT2D eigenvalue weighted by atomic mass is 32.2. The number of aromatic nitrogens is 2. The van der Waals surface area contributed by atoms with E-state index in [9.17, 15) is 8.42 Å². The number of hydrogen-bond donors (Lipinski definition) is 1. The van der Waals surface area contributed by atoms with Crippen LogP contribution in [0.15, 0.2) is 12.4 Å². The maximum Gasteiger partial charge on any atom is 0.215 e. The van der Waals surface area contributed by atoms with Crippen LogP contribution >= 0.6 is 0 Å². The van der Waals surface area contributed by atoms with E-state index in [0.717, 1.165) is 5.82 Å². The van der Waals surface area contributed by atoms with E-state index >= 15 is 0 Å². The van der Waals surface area contributed by atoms with Crippen molar-refractivity contribution in [1.82, 2.24) is 19.2 Å². The predicted octanol–water partition coefficient (Wildman–Crippen LogP) is -0.599. The number of imidazole rings is 1. The molecule has 0 atom stereocenters. The SMILES string of the molecule is CNCCS(=O)(=O)N(C)Cc1nccn1C. The molecule has 0 bridgehead atoms. The molecule has 1 aromatic heterocycles. The van der Waals surface area contributed by atoms with Crippen LogP contribution in [-0.2, 0) is 23.6 Å². The van der Waals surface area contributed by atoms with Gasteiger partial charge in [0.2, 0.25) is 10.0 Å². The van der Waals surface area contributed by atoms with E-state index in [0.29, 0.717) is 13.1 Å². The van der Waals surface area contributed by atoms with Gasteiger partial charge in [0.15, 0.2) is 0 Å². The molecule has 6 nitrogen and oxygen atoms in total. The molecule has 0 unspecified atom stereocenters. The van der Waals surface area contributed by atoms with Gasteiger partial charge in [-0.25, -0.2) is 13.4 Å². The van der Waals surface area contributed by atoms with Crippen molar-refractivity contribution in [2.45, 2.75) is 6.54 Å². The molecule has 0 saturated heterocycles. The number of hydrogen-bond acceptors (Lipinski definition) is 4. The van der Waals surface area contributed by atoms with Crippen LogP contribution in [0.3, 0.4) is 0 Å². The average Bonchev–Trinajstić information content (AvgIpc) is 2.61. The lowest BCUT2D eigenvalue weighted by molar-refractivity contribution is 0.450. The van der Waals surface area contributed by atoms with Gasteiger partial charge in [-0.15, -0.1) is 0 Å². The highest BCUT2D eigenvalue weighted by molar-refractivity contribution is 7.89. The van der Waals surface area contributed by atoms with E-state index in [2.05, 4.69) is 10.3 Å². The predicted molar refractivity (Wildman–Crippen MR) is 62.4 cm³/mol. The summed E-state index contributed by atoms with van der Waals surface area (Å²) in [6.07, 6.45) is 3.45. The number of nitrogens with zero attached hydrogens (tertiary/aromatic N) is 3. The number of sulfonamides is 1. The van der Waals surface area contributed by atoms with Crippen LogP contribution in [0.4, 0.5) is 0 Å². The van der Waals surface area contributed by atoms with Crippen LogP contribution in [0.5, 0.6) is 0 Å². The van der Waals surface area contributed by atoms with Gasteiger partial charge in [0.1, 0.15) is 5.82 Å². The molecule has 1 rings (SSSR count). The van der Waals surface area contributed by atoms with Crippen molar-refractivity contribution >= 4 is 10.0 Å². The molecule has 0 aliphatic rings. The van der Waals surface area contributed by atoms with E-state index in [-0.39, 0.29) is 5.75 Å². The number of rotatable bonds is 6. The fourth-order valence-corrected chi connectivity index (χ4v) is 2.32. The zero-order chi connectivity index (χ0) is 12.2. The first-order valence-corrected chi connectivity index (χ1v) is 6.63. The summed E-state index contributed by atoms with van der Waals surface area (Å²) in [5.41, 5.74) is 0. The lowest BCUT2D eigenvalue weighted by atomic mass is 10.6. The van der Waals surface area contributed by atoms with Crippen LogP contribution in [0.1, 0.15) is 5.82 Å². The van der Waals surface area contributed by atoms with Crippen LogP contribution in [0.2, 0.25) is 0 Å². The highest BCUT2D eigenvalue weighted by Crippen LogP contribution is 2.04. The van der Waals surface area contributed by atoms with E-state index < -0.39 is 10.0 Å². The Kier molecular flexibility index (Phi) is 4.45. The Labute approximate surface area is 96.3 Å². The van der Waals surface area contributed by atoms with Crippen molar-refractivity contribution in [2.75, 3.05) is 26.4 Å². The Bertz CT molecular complexity index is 426. The third kappa shape index (κ3) is 3.29. The third-order valence-electron chi connectivity index (χ3n) is 2.37. The van der Waals surface area contributed by atoms with Crippen molar-refractivity contribution in [3.8, 4) is 0 Å². The summed E-state index contributed by atoms with van der Waals surface area (Å²) in [4.78, 5) is 4.09. The van der Waals surface area contributed by atoms with Crippen LogP contribution in [-0.4, -0.2) is 48.7 Å². The summed E-state index contributed by atoms with van der Waals surface area (Å²) in [5.74, 6) is 0.834. The van der Waals surface area contributed by atoms with Gasteiger partial charge in [0.25, 0.3) is 0 Å². The van der Waals surface area contributed by atoms with Gasteiger partial charge in [0, 0.05) is 33.0 Å². The second kappa shape index (κ2) is 5.42. The molecule has 92 valence electrons. The fourth-order valence-electron chi connectivity index (χ4n) is 1.23. The number of nitrogens with one attached hydrogen (secondary N) is 1. The van der Waals surface area contributed by atoms with Crippen LogP contribution in [0.25, 0.3) is 0 Å². The number of aryl methyl sites for hydroxylation is 1. The topological polar surface area (TPSA) is 67.2 Å². The van der Waals surface area contributed by atoms with E-state index in [1.165, 1.54) is 4.31 Å². The van der Waals surface area contributed by atoms with E-state index in [1.54, 1.807) is 26.5 Å². The zero-order valence-corrected chi connectivity index (χ0v) is 10.7. The zero-order valence-electron chi connectivity index (χ0n) is 9.84. The van der Waals surface area contributed by atoms with Crippen molar-refractivity contribution in [2.24, 2.45) is 7.05 Å². The summed E-state index contributed by atoms with van der Waals surface area (Å²) in [6, 6.07) is 0. The molecule has 0 aromatic carbocycles. The van der Waals surface area contributed by atoms with Crippen LogP contribution < -0.4 is 5.32 Å². The van der Waals surface area contributed by atoms with Crippen molar-refractivity contribution < 1.29 is 8.42 Å². The van der Waals surface area contributed by atoms with Gasteiger partial charge < -0.3 is 9.88 Å². The molecule has 1 heterocycles. The average molecular weight is 246 g/mol. The molecule has 16 heavy (non-hydrogen) atoms. The molecule has 1 N–H and O–H groups in total. The van der Waals surface area contributed by atoms with Gasteiger partial charge in [-0.05, 0) is 7.05 Å². The molecule has 0 aliphatic heterocycles. The molecule has 0 aliphatic carbocycles. The second-order valence-electron chi connectivity index (χ2n) is 3.63. The summed E-state index contributed by atoms with van der Waals surface area (Å²) < 4.78 is 26.7. The Morgan fingerprint density at radius 3 is 2.75 bits per heavy atom. The molecule has 0 spiro atoms. The van der Waals surface area contributed by atoms with Crippen molar-refractivity contribution in [3.63, 3.8) is 0 Å². The first-order valence-electron chi connectivity index (χ1n) is 5.02. The largest absolute Gasteiger partial charge is 0.337 e. The first-order chi connectivity index (χ1) is 7.47. The Morgan fingerprint density at radius 1 is 1.56 bits per heavy atom. The standard InChI is InChI=1S/C9H18N4O2S/c1-10-5-7-16(14,15)13(3)8-9-11-4-6-12(9)2/h4,6,10H,5,7-8H2,1-3H3. The molecule has 0 saturated carbocycles.